The van der Waals surface area contributed by atoms with Crippen LogP contribution >= 0.6 is 0 Å². The Bertz CT molecular complexity index is 471. The number of rotatable bonds is 3. The third kappa shape index (κ3) is 2.21. The summed E-state index contributed by atoms with van der Waals surface area (Å²) in [5.74, 6) is -1.15. The monoisotopic (exact) mass is 222 g/mol. The SMILES string of the molecule is Cn1ccc(CNc2c(F)cccc2F)c1. The van der Waals surface area contributed by atoms with Crippen LogP contribution in [0.25, 0.3) is 0 Å². The van der Waals surface area contributed by atoms with Crippen molar-refractivity contribution in [3.05, 3.63) is 53.9 Å². The van der Waals surface area contributed by atoms with Crippen molar-refractivity contribution in [3.63, 3.8) is 0 Å². The summed E-state index contributed by atoms with van der Waals surface area (Å²) in [4.78, 5) is 0. The van der Waals surface area contributed by atoms with E-state index in [9.17, 15) is 8.78 Å². The van der Waals surface area contributed by atoms with Crippen molar-refractivity contribution in [2.45, 2.75) is 6.54 Å². The van der Waals surface area contributed by atoms with E-state index in [-0.39, 0.29) is 5.69 Å². The number of aromatic nitrogens is 1. The first-order valence-electron chi connectivity index (χ1n) is 4.95. The summed E-state index contributed by atoms with van der Waals surface area (Å²) in [6.07, 6.45) is 3.78. The van der Waals surface area contributed by atoms with E-state index in [2.05, 4.69) is 5.32 Å². The van der Waals surface area contributed by atoms with E-state index < -0.39 is 11.6 Å². The van der Waals surface area contributed by atoms with Crippen molar-refractivity contribution in [3.8, 4) is 0 Å². The number of para-hydroxylation sites is 1. The van der Waals surface area contributed by atoms with E-state index in [4.69, 9.17) is 0 Å². The van der Waals surface area contributed by atoms with Gasteiger partial charge in [0.15, 0.2) is 0 Å². The highest BCUT2D eigenvalue weighted by Gasteiger charge is 2.07. The van der Waals surface area contributed by atoms with Gasteiger partial charge in [0.2, 0.25) is 0 Å². The predicted molar refractivity (Wildman–Crippen MR) is 59.1 cm³/mol. The number of hydrogen-bond donors (Lipinski definition) is 1. The minimum atomic E-state index is -0.573. The summed E-state index contributed by atoms with van der Waals surface area (Å²) < 4.78 is 28.4. The Morgan fingerprint density at radius 1 is 1.19 bits per heavy atom. The van der Waals surface area contributed by atoms with Gasteiger partial charge in [-0.3, -0.25) is 0 Å². The molecule has 16 heavy (non-hydrogen) atoms. The van der Waals surface area contributed by atoms with Gasteiger partial charge in [0.1, 0.15) is 17.3 Å². The zero-order valence-electron chi connectivity index (χ0n) is 8.87. The van der Waals surface area contributed by atoms with Gasteiger partial charge in [0.05, 0.1) is 0 Å². The zero-order valence-corrected chi connectivity index (χ0v) is 8.87. The molecule has 0 amide bonds. The number of hydrogen-bond acceptors (Lipinski definition) is 1. The lowest BCUT2D eigenvalue weighted by Gasteiger charge is -2.07. The lowest BCUT2D eigenvalue weighted by atomic mass is 10.2. The van der Waals surface area contributed by atoms with Crippen LogP contribution in [0.2, 0.25) is 0 Å². The van der Waals surface area contributed by atoms with Crippen molar-refractivity contribution in [1.82, 2.24) is 4.57 Å². The van der Waals surface area contributed by atoms with Crippen molar-refractivity contribution in [1.29, 1.82) is 0 Å². The van der Waals surface area contributed by atoms with Gasteiger partial charge in [0.25, 0.3) is 0 Å². The zero-order chi connectivity index (χ0) is 11.5. The van der Waals surface area contributed by atoms with Gasteiger partial charge in [-0.05, 0) is 23.8 Å². The largest absolute Gasteiger partial charge is 0.376 e. The molecule has 4 heteroatoms. The highest BCUT2D eigenvalue weighted by atomic mass is 19.1. The molecule has 0 atom stereocenters. The van der Waals surface area contributed by atoms with Gasteiger partial charge >= 0.3 is 0 Å². The van der Waals surface area contributed by atoms with E-state index in [1.807, 2.05) is 30.1 Å². The highest BCUT2D eigenvalue weighted by Crippen LogP contribution is 2.18. The molecule has 1 aromatic carbocycles. The average molecular weight is 222 g/mol. The van der Waals surface area contributed by atoms with Gasteiger partial charge in [0, 0.05) is 26.0 Å². The Kier molecular flexibility index (Phi) is 2.90. The molecular weight excluding hydrogens is 210 g/mol. The second kappa shape index (κ2) is 4.35. The molecule has 1 aromatic heterocycles. The summed E-state index contributed by atoms with van der Waals surface area (Å²) in [6.45, 7) is 0.401. The molecule has 0 radical (unpaired) electrons. The Balaban J connectivity index is 2.10. The smallest absolute Gasteiger partial charge is 0.149 e. The van der Waals surface area contributed by atoms with Crippen LogP contribution in [0.1, 0.15) is 5.56 Å². The summed E-state index contributed by atoms with van der Waals surface area (Å²) in [6, 6.07) is 5.71. The van der Waals surface area contributed by atoms with Gasteiger partial charge in [-0.2, -0.15) is 0 Å². The van der Waals surface area contributed by atoms with Crippen LogP contribution in [0.3, 0.4) is 0 Å². The van der Waals surface area contributed by atoms with Crippen LogP contribution in [0.5, 0.6) is 0 Å². The number of halogens is 2. The fraction of sp³-hybridized carbons (Fsp3) is 0.167. The molecule has 0 unspecified atom stereocenters. The van der Waals surface area contributed by atoms with Gasteiger partial charge < -0.3 is 9.88 Å². The molecule has 1 N–H and O–H groups in total. The summed E-state index contributed by atoms with van der Waals surface area (Å²) in [7, 11) is 1.90. The maximum absolute atomic E-state index is 13.3. The summed E-state index contributed by atoms with van der Waals surface area (Å²) >= 11 is 0. The van der Waals surface area contributed by atoms with Gasteiger partial charge in [-0.1, -0.05) is 6.07 Å². The molecule has 0 bridgehead atoms. The molecule has 0 saturated carbocycles. The number of anilines is 1. The molecule has 2 rings (SSSR count). The lowest BCUT2D eigenvalue weighted by molar-refractivity contribution is 0.588. The molecule has 84 valence electrons. The number of aryl methyl sites for hydroxylation is 1. The van der Waals surface area contributed by atoms with E-state index in [1.165, 1.54) is 18.2 Å². The standard InChI is InChI=1S/C12H12F2N2/c1-16-6-5-9(8-16)7-15-12-10(13)3-2-4-11(12)14/h2-6,8,15H,7H2,1H3. The molecule has 0 spiro atoms. The molecule has 2 nitrogen and oxygen atoms in total. The Morgan fingerprint density at radius 2 is 1.88 bits per heavy atom. The first-order chi connectivity index (χ1) is 7.66. The summed E-state index contributed by atoms with van der Waals surface area (Å²) in [5, 5.41) is 2.75. The number of nitrogens with zero attached hydrogens (tertiary/aromatic N) is 1. The van der Waals surface area contributed by atoms with Gasteiger partial charge in [-0.15, -0.1) is 0 Å². The van der Waals surface area contributed by atoms with Crippen LogP contribution in [0.4, 0.5) is 14.5 Å². The second-order valence-corrected chi connectivity index (χ2v) is 3.64. The minimum Gasteiger partial charge on any atom is -0.376 e. The topological polar surface area (TPSA) is 17.0 Å². The minimum absolute atomic E-state index is 0.0775. The molecule has 1 heterocycles. The van der Waals surface area contributed by atoms with Crippen LogP contribution < -0.4 is 5.32 Å². The first kappa shape index (κ1) is 10.7. The average Bonchev–Trinajstić information content (AvgIpc) is 2.63. The van der Waals surface area contributed by atoms with Crippen LogP contribution in [0.15, 0.2) is 36.7 Å². The van der Waals surface area contributed by atoms with Crippen LogP contribution in [-0.4, -0.2) is 4.57 Å². The van der Waals surface area contributed by atoms with E-state index in [0.29, 0.717) is 6.54 Å². The molecule has 0 saturated heterocycles. The normalized spacial score (nSPS) is 10.4. The van der Waals surface area contributed by atoms with Crippen molar-refractivity contribution >= 4 is 5.69 Å². The van der Waals surface area contributed by atoms with E-state index in [0.717, 1.165) is 5.56 Å². The number of benzene rings is 1. The Labute approximate surface area is 92.5 Å². The maximum Gasteiger partial charge on any atom is 0.149 e. The first-order valence-corrected chi connectivity index (χ1v) is 4.95. The second-order valence-electron chi connectivity index (χ2n) is 3.64. The quantitative estimate of drug-likeness (QED) is 0.844. The molecule has 0 aliphatic carbocycles. The Hall–Kier alpha value is -1.84. The highest BCUT2D eigenvalue weighted by molar-refractivity contribution is 5.46. The maximum atomic E-state index is 13.3. The van der Waals surface area contributed by atoms with E-state index >= 15 is 0 Å². The Morgan fingerprint density at radius 3 is 2.44 bits per heavy atom. The molecule has 0 aliphatic rings. The lowest BCUT2D eigenvalue weighted by Crippen LogP contribution is -2.03. The third-order valence-electron chi connectivity index (χ3n) is 2.33. The fourth-order valence-corrected chi connectivity index (χ4v) is 1.52. The molecule has 0 fully saturated rings. The van der Waals surface area contributed by atoms with Crippen molar-refractivity contribution in [2.75, 3.05) is 5.32 Å². The molecule has 2 aromatic rings. The summed E-state index contributed by atoms with van der Waals surface area (Å²) in [5.41, 5.74) is 0.900. The van der Waals surface area contributed by atoms with Crippen LogP contribution in [-0.2, 0) is 13.6 Å². The van der Waals surface area contributed by atoms with Crippen LogP contribution in [0, 0.1) is 11.6 Å². The van der Waals surface area contributed by atoms with Crippen molar-refractivity contribution in [2.24, 2.45) is 7.05 Å². The van der Waals surface area contributed by atoms with E-state index in [1.54, 1.807) is 0 Å². The number of nitrogens with one attached hydrogen (secondary N) is 1. The molecular formula is C12H12F2N2. The fourth-order valence-electron chi connectivity index (χ4n) is 1.52. The third-order valence-corrected chi connectivity index (χ3v) is 2.33. The predicted octanol–water partition coefficient (Wildman–Crippen LogP) is 2.92. The van der Waals surface area contributed by atoms with Gasteiger partial charge in [-0.25, -0.2) is 8.78 Å². The van der Waals surface area contributed by atoms with Crippen molar-refractivity contribution < 1.29 is 8.78 Å². The molecule has 0 aliphatic heterocycles.